The number of hydrogen-bond donors (Lipinski definition) is 0. The van der Waals surface area contributed by atoms with Gasteiger partial charge in [0.1, 0.15) is 11.5 Å². The average Bonchev–Trinajstić information content (AvgIpc) is 2.88. The van der Waals surface area contributed by atoms with Crippen LogP contribution in [0, 0.1) is 13.8 Å². The maximum Gasteiger partial charge on any atom is 0.254 e. The van der Waals surface area contributed by atoms with Crippen molar-refractivity contribution in [1.82, 2.24) is 4.90 Å². The van der Waals surface area contributed by atoms with Crippen LogP contribution in [0.1, 0.15) is 27.2 Å². The molecule has 122 valence electrons. The maximum atomic E-state index is 12.5. The third-order valence-corrected chi connectivity index (χ3v) is 6.18. The number of carbonyl (C=O) groups is 1. The number of sulfone groups is 1. The van der Waals surface area contributed by atoms with E-state index in [1.807, 2.05) is 26.0 Å². The molecule has 2 aromatic rings. The molecule has 1 fully saturated rings. The second-order valence-electron chi connectivity index (χ2n) is 6.04. The Morgan fingerprint density at radius 1 is 1.26 bits per heavy atom. The average molecular weight is 333 g/mol. The van der Waals surface area contributed by atoms with E-state index in [0.717, 1.165) is 11.1 Å². The number of nitrogens with zero attached hydrogens (tertiary/aromatic N) is 1. The quantitative estimate of drug-likeness (QED) is 0.861. The summed E-state index contributed by atoms with van der Waals surface area (Å²) in [7, 11) is -3.30. The van der Waals surface area contributed by atoms with Crippen LogP contribution in [0.4, 0.5) is 0 Å². The molecule has 0 aliphatic carbocycles. The summed E-state index contributed by atoms with van der Waals surface area (Å²) in [5.74, 6) is 0.215. The van der Waals surface area contributed by atoms with Crippen molar-refractivity contribution in [2.45, 2.75) is 24.9 Å². The first-order valence-electron chi connectivity index (χ1n) is 7.47. The fourth-order valence-electron chi connectivity index (χ4n) is 2.77. The van der Waals surface area contributed by atoms with Crippen molar-refractivity contribution >= 4 is 15.7 Å². The van der Waals surface area contributed by atoms with Gasteiger partial charge in [-0.05, 0) is 37.6 Å². The Labute approximate surface area is 135 Å². The molecule has 2 heterocycles. The van der Waals surface area contributed by atoms with Gasteiger partial charge in [0.25, 0.3) is 5.91 Å². The van der Waals surface area contributed by atoms with Gasteiger partial charge in [0, 0.05) is 18.7 Å². The van der Waals surface area contributed by atoms with Crippen LogP contribution in [0.25, 0.3) is 0 Å². The van der Waals surface area contributed by atoms with E-state index in [4.69, 9.17) is 4.42 Å². The number of amides is 1. The summed E-state index contributed by atoms with van der Waals surface area (Å²) in [4.78, 5) is 14.0. The summed E-state index contributed by atoms with van der Waals surface area (Å²) in [6, 6.07) is 8.97. The van der Waals surface area contributed by atoms with Crippen LogP contribution in [-0.4, -0.2) is 37.6 Å². The summed E-state index contributed by atoms with van der Waals surface area (Å²) in [6.07, 6.45) is 1.46. The molecule has 0 radical (unpaired) electrons. The van der Waals surface area contributed by atoms with Crippen molar-refractivity contribution in [2.24, 2.45) is 0 Å². The first kappa shape index (κ1) is 15.8. The lowest BCUT2D eigenvalue weighted by Crippen LogP contribution is -2.57. The van der Waals surface area contributed by atoms with E-state index in [1.54, 1.807) is 23.1 Å². The molecule has 0 unspecified atom stereocenters. The highest BCUT2D eigenvalue weighted by Gasteiger charge is 2.40. The van der Waals surface area contributed by atoms with Gasteiger partial charge >= 0.3 is 0 Å². The zero-order valence-electron chi connectivity index (χ0n) is 13.2. The Morgan fingerprint density at radius 2 is 2.00 bits per heavy atom. The lowest BCUT2D eigenvalue weighted by Gasteiger charge is -2.38. The van der Waals surface area contributed by atoms with Gasteiger partial charge in [0.05, 0.1) is 11.5 Å². The molecule has 3 rings (SSSR count). The number of likely N-dealkylation sites (tertiary alicyclic amines) is 1. The highest BCUT2D eigenvalue weighted by Crippen LogP contribution is 2.23. The maximum absolute atomic E-state index is 12.5. The Kier molecular flexibility index (Phi) is 4.02. The molecule has 1 aliphatic heterocycles. The third kappa shape index (κ3) is 3.17. The van der Waals surface area contributed by atoms with Gasteiger partial charge in [0.15, 0.2) is 9.84 Å². The van der Waals surface area contributed by atoms with Crippen LogP contribution in [0.15, 0.2) is 41.0 Å². The van der Waals surface area contributed by atoms with E-state index in [1.165, 1.54) is 6.26 Å². The standard InChI is InChI=1S/C17H19NO4S/c1-12-5-6-16(13(2)8-12)17(19)18-9-15(10-18)23(20,21)11-14-4-3-7-22-14/h3-8,15H,9-11H2,1-2H3. The number of carbonyl (C=O) groups excluding carboxylic acids is 1. The highest BCUT2D eigenvalue weighted by molar-refractivity contribution is 7.91. The van der Waals surface area contributed by atoms with Gasteiger partial charge in [-0.1, -0.05) is 17.7 Å². The summed E-state index contributed by atoms with van der Waals surface area (Å²) in [5, 5.41) is -0.512. The fourth-order valence-corrected chi connectivity index (χ4v) is 4.38. The molecule has 0 saturated carbocycles. The molecule has 1 amide bonds. The molecule has 5 nitrogen and oxygen atoms in total. The Bertz CT molecular complexity index is 818. The number of hydrogen-bond acceptors (Lipinski definition) is 4. The summed E-state index contributed by atoms with van der Waals surface area (Å²) < 4.78 is 29.7. The van der Waals surface area contributed by atoms with Crippen molar-refractivity contribution in [3.05, 3.63) is 59.0 Å². The number of benzene rings is 1. The molecule has 0 N–H and O–H groups in total. The van der Waals surface area contributed by atoms with Crippen molar-refractivity contribution in [1.29, 1.82) is 0 Å². The van der Waals surface area contributed by atoms with Gasteiger partial charge in [-0.3, -0.25) is 4.79 Å². The molecular weight excluding hydrogens is 314 g/mol. The Morgan fingerprint density at radius 3 is 2.61 bits per heavy atom. The van der Waals surface area contributed by atoms with E-state index in [-0.39, 0.29) is 24.7 Å². The normalized spacial score (nSPS) is 15.5. The molecular formula is C17H19NO4S. The third-order valence-electron chi connectivity index (χ3n) is 4.18. The monoisotopic (exact) mass is 333 g/mol. The summed E-state index contributed by atoms with van der Waals surface area (Å²) in [6.45, 7) is 4.36. The smallest absolute Gasteiger partial charge is 0.254 e. The van der Waals surface area contributed by atoms with E-state index in [9.17, 15) is 13.2 Å². The molecule has 1 aromatic heterocycles. The number of aryl methyl sites for hydroxylation is 2. The van der Waals surface area contributed by atoms with Gasteiger partial charge in [0.2, 0.25) is 0 Å². The molecule has 0 atom stereocenters. The van der Waals surface area contributed by atoms with Crippen LogP contribution in [0.3, 0.4) is 0 Å². The van der Waals surface area contributed by atoms with Crippen molar-refractivity contribution < 1.29 is 17.6 Å². The van der Waals surface area contributed by atoms with Gasteiger partial charge < -0.3 is 9.32 Å². The van der Waals surface area contributed by atoms with Crippen molar-refractivity contribution in [3.63, 3.8) is 0 Å². The minimum Gasteiger partial charge on any atom is -0.468 e. The number of furan rings is 1. The van der Waals surface area contributed by atoms with Crippen LogP contribution in [0.5, 0.6) is 0 Å². The lowest BCUT2D eigenvalue weighted by atomic mass is 10.0. The van der Waals surface area contributed by atoms with Gasteiger partial charge in [-0.25, -0.2) is 8.42 Å². The minimum absolute atomic E-state index is 0.105. The molecule has 6 heteroatoms. The minimum atomic E-state index is -3.30. The molecule has 1 aromatic carbocycles. The first-order chi connectivity index (χ1) is 10.9. The predicted octanol–water partition coefficient (Wildman–Crippen LogP) is 2.34. The summed E-state index contributed by atoms with van der Waals surface area (Å²) >= 11 is 0. The second kappa shape index (κ2) is 5.85. The molecule has 0 spiro atoms. The SMILES string of the molecule is Cc1ccc(C(=O)N2CC(S(=O)(=O)Cc3ccco3)C2)c(C)c1. The van der Waals surface area contributed by atoms with E-state index in [0.29, 0.717) is 11.3 Å². The molecule has 1 aliphatic rings. The molecule has 0 bridgehead atoms. The topological polar surface area (TPSA) is 67.6 Å². The predicted molar refractivity (Wildman–Crippen MR) is 86.9 cm³/mol. The summed E-state index contributed by atoms with van der Waals surface area (Å²) in [5.41, 5.74) is 2.65. The van der Waals surface area contributed by atoms with Crippen molar-refractivity contribution in [2.75, 3.05) is 13.1 Å². The van der Waals surface area contributed by atoms with Crippen LogP contribution >= 0.6 is 0 Å². The van der Waals surface area contributed by atoms with Crippen molar-refractivity contribution in [3.8, 4) is 0 Å². The largest absolute Gasteiger partial charge is 0.468 e. The fraction of sp³-hybridized carbons (Fsp3) is 0.353. The lowest BCUT2D eigenvalue weighted by molar-refractivity contribution is 0.0658. The first-order valence-corrected chi connectivity index (χ1v) is 9.19. The van der Waals surface area contributed by atoms with E-state index >= 15 is 0 Å². The van der Waals surface area contributed by atoms with E-state index in [2.05, 4.69) is 0 Å². The van der Waals surface area contributed by atoms with Crippen LogP contribution < -0.4 is 0 Å². The van der Waals surface area contributed by atoms with Crippen LogP contribution in [0.2, 0.25) is 0 Å². The van der Waals surface area contributed by atoms with E-state index < -0.39 is 15.1 Å². The molecule has 23 heavy (non-hydrogen) atoms. The van der Waals surface area contributed by atoms with Gasteiger partial charge in [-0.2, -0.15) is 0 Å². The Hall–Kier alpha value is -2.08. The van der Waals surface area contributed by atoms with Crippen LogP contribution in [-0.2, 0) is 15.6 Å². The highest BCUT2D eigenvalue weighted by atomic mass is 32.2. The zero-order chi connectivity index (χ0) is 16.6. The second-order valence-corrected chi connectivity index (χ2v) is 8.32. The zero-order valence-corrected chi connectivity index (χ0v) is 14.0. The Balaban J connectivity index is 1.65. The number of rotatable bonds is 4. The van der Waals surface area contributed by atoms with Gasteiger partial charge in [-0.15, -0.1) is 0 Å². The molecule has 1 saturated heterocycles.